The number of hydrogen-bond acceptors (Lipinski definition) is 1. The van der Waals surface area contributed by atoms with Crippen LogP contribution in [0.5, 0.6) is 0 Å². The summed E-state index contributed by atoms with van der Waals surface area (Å²) < 4.78 is 0. The number of benzene rings is 1. The minimum Gasteiger partial charge on any atom is -0.248 e. The topological polar surface area (TPSA) is 12.9 Å². The third kappa shape index (κ3) is 1.54. The van der Waals surface area contributed by atoms with Gasteiger partial charge in [-0.1, -0.05) is 43.4 Å². The van der Waals surface area contributed by atoms with Crippen LogP contribution >= 0.6 is 0 Å². The van der Waals surface area contributed by atoms with Crippen molar-refractivity contribution in [1.82, 2.24) is 4.98 Å². The summed E-state index contributed by atoms with van der Waals surface area (Å²) in [5, 5.41) is 1.20. The number of aromatic nitrogens is 1. The van der Waals surface area contributed by atoms with E-state index in [4.69, 9.17) is 0 Å². The molecule has 3 rings (SSSR count). The maximum Gasteiger partial charge on any atom is 0.0709 e. The fraction of sp³-hybridized carbons (Fsp3) is 0.133. The van der Waals surface area contributed by atoms with Crippen LogP contribution in [0.1, 0.15) is 18.2 Å². The molecule has 1 aliphatic carbocycles. The average Bonchev–Trinajstić information content (AvgIpc) is 2.49. The van der Waals surface area contributed by atoms with Crippen LogP contribution in [0.4, 0.5) is 0 Å². The molecule has 1 aromatic heterocycles. The molecule has 16 heavy (non-hydrogen) atoms. The fourth-order valence-corrected chi connectivity index (χ4v) is 1.98. The van der Waals surface area contributed by atoms with Gasteiger partial charge in [-0.05, 0) is 24.1 Å². The molecule has 0 N–H and O–H groups in total. The summed E-state index contributed by atoms with van der Waals surface area (Å²) in [7, 11) is 0. The van der Waals surface area contributed by atoms with Gasteiger partial charge in [0.1, 0.15) is 0 Å². The third-order valence-corrected chi connectivity index (χ3v) is 2.92. The van der Waals surface area contributed by atoms with Crippen molar-refractivity contribution in [3.63, 3.8) is 0 Å². The van der Waals surface area contributed by atoms with Gasteiger partial charge < -0.3 is 0 Å². The van der Waals surface area contributed by atoms with Gasteiger partial charge in [-0.3, -0.25) is 0 Å². The summed E-state index contributed by atoms with van der Waals surface area (Å²) >= 11 is 0. The molecule has 0 saturated heterocycles. The Bertz CT molecular complexity index is 541. The van der Waals surface area contributed by atoms with Gasteiger partial charge in [0.25, 0.3) is 0 Å². The Labute approximate surface area is 95.1 Å². The van der Waals surface area contributed by atoms with Crippen LogP contribution in [-0.4, -0.2) is 4.98 Å². The molecule has 1 aliphatic rings. The molecule has 0 aliphatic heterocycles. The number of fused-ring (bicyclic) bond motifs is 2. The highest BCUT2D eigenvalue weighted by Crippen LogP contribution is 2.22. The highest BCUT2D eigenvalue weighted by atomic mass is 14.7. The van der Waals surface area contributed by atoms with Crippen molar-refractivity contribution < 1.29 is 0 Å². The fourth-order valence-electron chi connectivity index (χ4n) is 1.98. The average molecular weight is 207 g/mol. The molecule has 1 nitrogen and oxygen atoms in total. The second kappa shape index (κ2) is 3.60. The molecular formula is C15H13N. The van der Waals surface area contributed by atoms with Crippen LogP contribution in [-0.2, 0) is 0 Å². The van der Waals surface area contributed by atoms with E-state index < -0.39 is 0 Å². The number of hydrogen-bond donors (Lipinski definition) is 0. The molecular weight excluding hydrogens is 194 g/mol. The molecule has 1 atom stereocenters. The van der Waals surface area contributed by atoms with Gasteiger partial charge in [-0.2, -0.15) is 0 Å². The molecule has 0 spiro atoms. The first-order chi connectivity index (χ1) is 7.83. The van der Waals surface area contributed by atoms with E-state index in [0.29, 0.717) is 5.92 Å². The minimum atomic E-state index is 0.484. The Morgan fingerprint density at radius 1 is 1.06 bits per heavy atom. The van der Waals surface area contributed by atoms with Crippen molar-refractivity contribution in [3.8, 4) is 0 Å². The zero-order valence-electron chi connectivity index (χ0n) is 9.22. The highest BCUT2D eigenvalue weighted by molar-refractivity contribution is 5.83. The van der Waals surface area contributed by atoms with Crippen molar-refractivity contribution in [2.45, 2.75) is 6.92 Å². The molecule has 78 valence electrons. The highest BCUT2D eigenvalue weighted by Gasteiger charge is 2.05. The zero-order valence-corrected chi connectivity index (χ0v) is 9.22. The first-order valence-electron chi connectivity index (χ1n) is 5.59. The van der Waals surface area contributed by atoms with Crippen LogP contribution in [0.15, 0.2) is 42.5 Å². The first-order valence-corrected chi connectivity index (χ1v) is 5.59. The van der Waals surface area contributed by atoms with Crippen LogP contribution in [0.25, 0.3) is 23.1 Å². The summed E-state index contributed by atoms with van der Waals surface area (Å²) in [5.74, 6) is 0.484. The van der Waals surface area contributed by atoms with Crippen LogP contribution in [0, 0.1) is 5.92 Å². The second-order valence-electron chi connectivity index (χ2n) is 4.23. The largest absolute Gasteiger partial charge is 0.248 e. The smallest absolute Gasteiger partial charge is 0.0709 e. The van der Waals surface area contributed by atoms with Crippen LogP contribution in [0.3, 0.4) is 0 Å². The lowest BCUT2D eigenvalue weighted by Crippen LogP contribution is -1.87. The van der Waals surface area contributed by atoms with E-state index >= 15 is 0 Å². The van der Waals surface area contributed by atoms with E-state index in [9.17, 15) is 0 Å². The molecule has 0 radical (unpaired) electrons. The summed E-state index contributed by atoms with van der Waals surface area (Å²) in [4.78, 5) is 4.67. The number of para-hydroxylation sites is 1. The molecule has 1 unspecified atom stereocenters. The van der Waals surface area contributed by atoms with E-state index in [-0.39, 0.29) is 0 Å². The monoisotopic (exact) mass is 207 g/mol. The molecule has 0 bridgehead atoms. The minimum absolute atomic E-state index is 0.484. The van der Waals surface area contributed by atoms with Gasteiger partial charge in [0, 0.05) is 10.9 Å². The standard InChI is InChI=1S/C15H13N/c1-11-6-8-13-10-12-4-2-3-5-14(12)16-15(13)9-7-11/h2-11H,1H3. The predicted molar refractivity (Wildman–Crippen MR) is 69.0 cm³/mol. The van der Waals surface area contributed by atoms with E-state index in [1.807, 2.05) is 6.07 Å². The lowest BCUT2D eigenvalue weighted by molar-refractivity contribution is 0.953. The molecule has 0 amide bonds. The van der Waals surface area contributed by atoms with Crippen molar-refractivity contribution in [2.75, 3.05) is 0 Å². The summed E-state index contributed by atoms with van der Waals surface area (Å²) in [6.07, 6.45) is 8.68. The van der Waals surface area contributed by atoms with Crippen molar-refractivity contribution in [3.05, 3.63) is 53.7 Å². The van der Waals surface area contributed by atoms with Crippen molar-refractivity contribution >= 4 is 23.1 Å². The van der Waals surface area contributed by atoms with Gasteiger partial charge in [-0.15, -0.1) is 0 Å². The summed E-state index contributed by atoms with van der Waals surface area (Å²) in [5.41, 5.74) is 3.34. The second-order valence-corrected chi connectivity index (χ2v) is 4.23. The predicted octanol–water partition coefficient (Wildman–Crippen LogP) is 3.91. The van der Waals surface area contributed by atoms with Crippen LogP contribution in [0.2, 0.25) is 0 Å². The molecule has 0 fully saturated rings. The third-order valence-electron chi connectivity index (χ3n) is 2.92. The quantitative estimate of drug-likeness (QED) is 0.638. The summed E-state index contributed by atoms with van der Waals surface area (Å²) in [6, 6.07) is 10.4. The number of nitrogens with zero attached hydrogens (tertiary/aromatic N) is 1. The van der Waals surface area contributed by atoms with Crippen LogP contribution < -0.4 is 0 Å². The maximum absolute atomic E-state index is 4.67. The first kappa shape index (κ1) is 9.34. The Morgan fingerprint density at radius 2 is 1.88 bits per heavy atom. The van der Waals surface area contributed by atoms with E-state index in [1.165, 1.54) is 10.9 Å². The van der Waals surface area contributed by atoms with Gasteiger partial charge in [0.15, 0.2) is 0 Å². The molecule has 0 saturated carbocycles. The van der Waals surface area contributed by atoms with Crippen molar-refractivity contribution in [2.24, 2.45) is 5.92 Å². The van der Waals surface area contributed by atoms with E-state index in [0.717, 1.165) is 11.2 Å². The normalized spacial score (nSPS) is 18.4. The van der Waals surface area contributed by atoms with E-state index in [2.05, 4.69) is 60.5 Å². The van der Waals surface area contributed by atoms with Crippen molar-refractivity contribution in [1.29, 1.82) is 0 Å². The zero-order chi connectivity index (χ0) is 11.0. The Morgan fingerprint density at radius 3 is 2.81 bits per heavy atom. The van der Waals surface area contributed by atoms with Gasteiger partial charge in [0.05, 0.1) is 11.2 Å². The summed E-state index contributed by atoms with van der Waals surface area (Å²) in [6.45, 7) is 2.18. The molecule has 1 heterocycles. The maximum atomic E-state index is 4.67. The molecule has 1 aromatic carbocycles. The Kier molecular flexibility index (Phi) is 2.10. The van der Waals surface area contributed by atoms with Gasteiger partial charge in [-0.25, -0.2) is 4.98 Å². The lowest BCUT2D eigenvalue weighted by atomic mass is 10.1. The molecule has 2 aromatic rings. The number of rotatable bonds is 0. The van der Waals surface area contributed by atoms with Gasteiger partial charge in [0.2, 0.25) is 0 Å². The number of pyridine rings is 1. The Hall–Kier alpha value is -1.89. The van der Waals surface area contributed by atoms with Gasteiger partial charge >= 0.3 is 0 Å². The molecule has 1 heteroatoms. The SMILES string of the molecule is CC1C=Cc2cc3ccccc3nc2C=C1. The number of allylic oxidation sites excluding steroid dienone is 2. The Balaban J connectivity index is 2.28. The van der Waals surface area contributed by atoms with E-state index in [1.54, 1.807) is 0 Å². The lowest BCUT2D eigenvalue weighted by Gasteiger charge is -2.02.